The molecule has 0 saturated heterocycles. The van der Waals surface area contributed by atoms with Gasteiger partial charge < -0.3 is 10.8 Å². The van der Waals surface area contributed by atoms with Crippen molar-refractivity contribution in [1.29, 1.82) is 0 Å². The average Bonchev–Trinajstić information content (AvgIpc) is 2.39. The van der Waals surface area contributed by atoms with E-state index in [9.17, 15) is 13.9 Å². The SMILES string of the molecule is NCC(c1cccc(F)c1)C(O)c1cccc(F)c1. The zero-order chi connectivity index (χ0) is 13.8. The number of hydrogen-bond donors (Lipinski definition) is 2. The summed E-state index contributed by atoms with van der Waals surface area (Å²) in [5.74, 6) is -1.29. The molecule has 2 nitrogen and oxygen atoms in total. The summed E-state index contributed by atoms with van der Waals surface area (Å²) < 4.78 is 26.4. The third kappa shape index (κ3) is 3.16. The predicted octanol–water partition coefficient (Wildman–Crippen LogP) is 2.74. The molecule has 0 saturated carbocycles. The number of rotatable bonds is 4. The van der Waals surface area contributed by atoms with Crippen LogP contribution in [0.3, 0.4) is 0 Å². The molecule has 0 amide bonds. The Morgan fingerprint density at radius 3 is 2.00 bits per heavy atom. The quantitative estimate of drug-likeness (QED) is 0.891. The van der Waals surface area contributed by atoms with Crippen molar-refractivity contribution in [2.75, 3.05) is 6.54 Å². The van der Waals surface area contributed by atoms with Crippen LogP contribution in [0.15, 0.2) is 48.5 Å². The molecule has 3 N–H and O–H groups in total. The Hall–Kier alpha value is -1.78. The van der Waals surface area contributed by atoms with E-state index in [-0.39, 0.29) is 12.4 Å². The van der Waals surface area contributed by atoms with Crippen LogP contribution in [0.25, 0.3) is 0 Å². The second kappa shape index (κ2) is 5.91. The number of aliphatic hydroxyl groups is 1. The first-order chi connectivity index (χ1) is 9.11. The Morgan fingerprint density at radius 1 is 0.947 bits per heavy atom. The van der Waals surface area contributed by atoms with Gasteiger partial charge in [-0.05, 0) is 35.4 Å². The standard InChI is InChI=1S/C15H15F2NO/c16-12-5-1-3-10(7-12)14(9-18)15(19)11-4-2-6-13(17)8-11/h1-8,14-15,19H,9,18H2. The highest BCUT2D eigenvalue weighted by molar-refractivity contribution is 5.27. The lowest BCUT2D eigenvalue weighted by molar-refractivity contribution is 0.147. The second-order valence-electron chi connectivity index (χ2n) is 4.40. The molecular weight excluding hydrogens is 248 g/mol. The van der Waals surface area contributed by atoms with Gasteiger partial charge in [0, 0.05) is 12.5 Å². The van der Waals surface area contributed by atoms with Crippen LogP contribution < -0.4 is 5.73 Å². The van der Waals surface area contributed by atoms with E-state index in [0.29, 0.717) is 11.1 Å². The first-order valence-electron chi connectivity index (χ1n) is 6.01. The monoisotopic (exact) mass is 263 g/mol. The van der Waals surface area contributed by atoms with Crippen LogP contribution in [0.2, 0.25) is 0 Å². The Bertz CT molecular complexity index is 559. The molecule has 0 aromatic heterocycles. The van der Waals surface area contributed by atoms with Crippen molar-refractivity contribution < 1.29 is 13.9 Å². The first kappa shape index (κ1) is 13.6. The van der Waals surface area contributed by atoms with E-state index in [1.54, 1.807) is 18.2 Å². The molecule has 4 heteroatoms. The minimum absolute atomic E-state index is 0.140. The summed E-state index contributed by atoms with van der Waals surface area (Å²) in [6.07, 6.45) is -0.970. The van der Waals surface area contributed by atoms with Gasteiger partial charge in [-0.2, -0.15) is 0 Å². The molecular formula is C15H15F2NO. The minimum atomic E-state index is -0.970. The van der Waals surface area contributed by atoms with Gasteiger partial charge in [0.15, 0.2) is 0 Å². The second-order valence-corrected chi connectivity index (χ2v) is 4.40. The van der Waals surface area contributed by atoms with E-state index in [4.69, 9.17) is 5.73 Å². The topological polar surface area (TPSA) is 46.2 Å². The van der Waals surface area contributed by atoms with Gasteiger partial charge in [0.2, 0.25) is 0 Å². The third-order valence-corrected chi connectivity index (χ3v) is 3.10. The highest BCUT2D eigenvalue weighted by Gasteiger charge is 2.22. The highest BCUT2D eigenvalue weighted by Crippen LogP contribution is 2.30. The van der Waals surface area contributed by atoms with Crippen LogP contribution in [0.5, 0.6) is 0 Å². The summed E-state index contributed by atoms with van der Waals surface area (Å²) in [6.45, 7) is 0.140. The molecule has 0 heterocycles. The Labute approximate surface area is 110 Å². The predicted molar refractivity (Wildman–Crippen MR) is 69.6 cm³/mol. The van der Waals surface area contributed by atoms with Gasteiger partial charge in [-0.1, -0.05) is 24.3 Å². The van der Waals surface area contributed by atoms with Gasteiger partial charge in [0.25, 0.3) is 0 Å². The Kier molecular flexibility index (Phi) is 4.24. The lowest BCUT2D eigenvalue weighted by atomic mass is 9.89. The van der Waals surface area contributed by atoms with Gasteiger partial charge in [-0.25, -0.2) is 8.78 Å². The third-order valence-electron chi connectivity index (χ3n) is 3.10. The zero-order valence-electron chi connectivity index (χ0n) is 10.3. The smallest absolute Gasteiger partial charge is 0.123 e. The van der Waals surface area contributed by atoms with Crippen molar-refractivity contribution in [3.05, 3.63) is 71.3 Å². The molecule has 0 radical (unpaired) electrons. The van der Waals surface area contributed by atoms with Gasteiger partial charge in [-0.3, -0.25) is 0 Å². The lowest BCUT2D eigenvalue weighted by Gasteiger charge is -2.22. The molecule has 0 bridgehead atoms. The Balaban J connectivity index is 2.31. The van der Waals surface area contributed by atoms with Crippen LogP contribution in [0, 0.1) is 11.6 Å². The largest absolute Gasteiger partial charge is 0.388 e. The summed E-state index contributed by atoms with van der Waals surface area (Å²) in [7, 11) is 0. The molecule has 2 aromatic carbocycles. The number of nitrogens with two attached hydrogens (primary N) is 1. The maximum Gasteiger partial charge on any atom is 0.123 e. The van der Waals surface area contributed by atoms with Crippen molar-refractivity contribution in [2.24, 2.45) is 5.73 Å². The first-order valence-corrected chi connectivity index (χ1v) is 6.01. The number of halogens is 2. The van der Waals surface area contributed by atoms with Gasteiger partial charge in [0.1, 0.15) is 11.6 Å². The van der Waals surface area contributed by atoms with Crippen molar-refractivity contribution >= 4 is 0 Å². The fourth-order valence-corrected chi connectivity index (χ4v) is 2.11. The number of aliphatic hydroxyl groups excluding tert-OH is 1. The Morgan fingerprint density at radius 2 is 1.47 bits per heavy atom. The summed E-state index contributed by atoms with van der Waals surface area (Å²) in [5.41, 5.74) is 6.68. The van der Waals surface area contributed by atoms with Crippen LogP contribution in [-0.4, -0.2) is 11.7 Å². The van der Waals surface area contributed by atoms with Crippen LogP contribution in [0.1, 0.15) is 23.1 Å². The van der Waals surface area contributed by atoms with Crippen molar-refractivity contribution in [2.45, 2.75) is 12.0 Å². The fraction of sp³-hybridized carbons (Fsp3) is 0.200. The average molecular weight is 263 g/mol. The molecule has 2 rings (SSSR count). The van der Waals surface area contributed by atoms with E-state index in [0.717, 1.165) is 0 Å². The summed E-state index contributed by atoms with van der Waals surface area (Å²) in [5, 5.41) is 10.3. The summed E-state index contributed by atoms with van der Waals surface area (Å²) in [6, 6.07) is 11.6. The molecule has 0 aliphatic rings. The van der Waals surface area contributed by atoms with Gasteiger partial charge in [-0.15, -0.1) is 0 Å². The molecule has 0 aliphatic carbocycles. The lowest BCUT2D eigenvalue weighted by Crippen LogP contribution is -2.20. The van der Waals surface area contributed by atoms with Crippen molar-refractivity contribution in [1.82, 2.24) is 0 Å². The molecule has 2 atom stereocenters. The van der Waals surface area contributed by atoms with Gasteiger partial charge in [0.05, 0.1) is 6.10 Å². The van der Waals surface area contributed by atoms with E-state index in [2.05, 4.69) is 0 Å². The molecule has 0 fully saturated rings. The van der Waals surface area contributed by atoms with E-state index in [1.165, 1.54) is 30.3 Å². The minimum Gasteiger partial charge on any atom is -0.388 e. The van der Waals surface area contributed by atoms with Crippen LogP contribution in [0.4, 0.5) is 8.78 Å². The molecule has 2 unspecified atom stereocenters. The number of hydrogen-bond acceptors (Lipinski definition) is 2. The fourth-order valence-electron chi connectivity index (χ4n) is 2.11. The maximum atomic E-state index is 13.2. The highest BCUT2D eigenvalue weighted by atomic mass is 19.1. The van der Waals surface area contributed by atoms with Crippen LogP contribution in [-0.2, 0) is 0 Å². The molecule has 19 heavy (non-hydrogen) atoms. The van der Waals surface area contributed by atoms with E-state index >= 15 is 0 Å². The van der Waals surface area contributed by atoms with Crippen LogP contribution >= 0.6 is 0 Å². The van der Waals surface area contributed by atoms with E-state index < -0.39 is 17.8 Å². The molecule has 0 aliphatic heterocycles. The number of benzene rings is 2. The summed E-state index contributed by atoms with van der Waals surface area (Å²) >= 11 is 0. The van der Waals surface area contributed by atoms with Crippen molar-refractivity contribution in [3.8, 4) is 0 Å². The van der Waals surface area contributed by atoms with Crippen molar-refractivity contribution in [3.63, 3.8) is 0 Å². The molecule has 0 spiro atoms. The zero-order valence-corrected chi connectivity index (χ0v) is 10.3. The van der Waals surface area contributed by atoms with E-state index in [1.807, 2.05) is 0 Å². The normalized spacial score (nSPS) is 14.1. The van der Waals surface area contributed by atoms with Gasteiger partial charge >= 0.3 is 0 Å². The summed E-state index contributed by atoms with van der Waals surface area (Å²) in [4.78, 5) is 0. The molecule has 2 aromatic rings. The molecule has 100 valence electrons. The maximum absolute atomic E-state index is 13.2.